The van der Waals surface area contributed by atoms with Crippen LogP contribution in [-0.2, 0) is 4.74 Å². The van der Waals surface area contributed by atoms with Gasteiger partial charge in [0, 0.05) is 4.88 Å². The van der Waals surface area contributed by atoms with E-state index in [2.05, 4.69) is 10.3 Å². The van der Waals surface area contributed by atoms with Gasteiger partial charge >= 0.3 is 12.1 Å². The van der Waals surface area contributed by atoms with Crippen molar-refractivity contribution in [3.8, 4) is 0 Å². The Kier molecular flexibility index (Phi) is 5.71. The average molecular weight is 314 g/mol. The van der Waals surface area contributed by atoms with Crippen LogP contribution in [0.5, 0.6) is 0 Å². The Morgan fingerprint density at radius 1 is 1.43 bits per heavy atom. The third kappa shape index (κ3) is 5.34. The minimum absolute atomic E-state index is 0.00649. The number of carbonyl (C=O) groups excluding carboxylic acids is 1. The van der Waals surface area contributed by atoms with Crippen molar-refractivity contribution in [1.82, 2.24) is 4.98 Å². The highest BCUT2D eigenvalue weighted by Gasteiger charge is 2.23. The molecule has 1 heterocycles. The summed E-state index contributed by atoms with van der Waals surface area (Å²) in [5.74, 6) is -0.991. The van der Waals surface area contributed by atoms with Crippen LogP contribution in [0.1, 0.15) is 68.7 Å². The van der Waals surface area contributed by atoms with Gasteiger partial charge in [0.2, 0.25) is 0 Å². The zero-order valence-electron chi connectivity index (χ0n) is 13.0. The van der Waals surface area contributed by atoms with E-state index in [-0.39, 0.29) is 16.7 Å². The number of carboxylic acid groups (broad SMARTS) is 1. The minimum atomic E-state index is -1.08. The number of aromatic nitrogens is 1. The summed E-state index contributed by atoms with van der Waals surface area (Å²) >= 11 is 1.19. The summed E-state index contributed by atoms with van der Waals surface area (Å²) in [4.78, 5) is 27.6. The van der Waals surface area contributed by atoms with Crippen molar-refractivity contribution >= 4 is 28.5 Å². The number of hydrogen-bond donors (Lipinski definition) is 2. The lowest BCUT2D eigenvalue weighted by Gasteiger charge is -2.18. The van der Waals surface area contributed by atoms with Crippen LogP contribution in [0.2, 0.25) is 0 Å². The first-order valence-electron chi connectivity index (χ1n) is 6.88. The number of hydrogen-bond acceptors (Lipinski definition) is 5. The molecule has 6 nitrogen and oxygen atoms in total. The number of ether oxygens (including phenoxy) is 1. The largest absolute Gasteiger partial charge is 0.476 e. The summed E-state index contributed by atoms with van der Waals surface area (Å²) in [6.07, 6.45) is 1.18. The molecule has 0 fully saturated rings. The molecule has 0 bridgehead atoms. The van der Waals surface area contributed by atoms with Crippen LogP contribution in [0.3, 0.4) is 0 Å². The fraction of sp³-hybridized carbons (Fsp3) is 0.643. The average Bonchev–Trinajstić information content (AvgIpc) is 2.70. The number of thiazole rings is 1. The SMILES string of the molecule is CCCC(C)c1sc(NC(=O)OC(C)(C)C)nc1C(=O)O. The van der Waals surface area contributed by atoms with Crippen molar-refractivity contribution in [2.45, 2.75) is 59.0 Å². The van der Waals surface area contributed by atoms with E-state index in [1.165, 1.54) is 11.3 Å². The van der Waals surface area contributed by atoms with E-state index >= 15 is 0 Å². The Morgan fingerprint density at radius 2 is 2.05 bits per heavy atom. The Bertz CT molecular complexity index is 520. The molecule has 0 aliphatic rings. The van der Waals surface area contributed by atoms with Gasteiger partial charge in [-0.15, -0.1) is 11.3 Å². The normalized spacial score (nSPS) is 12.8. The van der Waals surface area contributed by atoms with Crippen LogP contribution in [-0.4, -0.2) is 27.8 Å². The monoisotopic (exact) mass is 314 g/mol. The summed E-state index contributed by atoms with van der Waals surface area (Å²) in [7, 11) is 0. The number of nitrogens with one attached hydrogen (secondary N) is 1. The zero-order valence-corrected chi connectivity index (χ0v) is 13.8. The van der Waals surface area contributed by atoms with Gasteiger partial charge in [-0.05, 0) is 33.1 Å². The van der Waals surface area contributed by atoms with Gasteiger partial charge in [0.05, 0.1) is 0 Å². The standard InChI is InChI=1S/C14H22N2O4S/c1-6-7-8(2)10-9(11(17)18)15-12(21-10)16-13(19)20-14(3,4)5/h8H,6-7H2,1-5H3,(H,17,18)(H,15,16,19). The van der Waals surface area contributed by atoms with Crippen molar-refractivity contribution in [2.24, 2.45) is 0 Å². The van der Waals surface area contributed by atoms with Gasteiger partial charge < -0.3 is 9.84 Å². The highest BCUT2D eigenvalue weighted by molar-refractivity contribution is 7.16. The first-order chi connectivity index (χ1) is 9.64. The topological polar surface area (TPSA) is 88.5 Å². The number of aromatic carboxylic acids is 1. The van der Waals surface area contributed by atoms with Crippen LogP contribution in [0.4, 0.5) is 9.93 Å². The molecule has 1 unspecified atom stereocenters. The molecule has 1 amide bonds. The second kappa shape index (κ2) is 6.89. The maximum Gasteiger partial charge on any atom is 0.413 e. The molecule has 0 saturated heterocycles. The lowest BCUT2D eigenvalue weighted by molar-refractivity contribution is 0.0632. The minimum Gasteiger partial charge on any atom is -0.476 e. The predicted octanol–water partition coefficient (Wildman–Crippen LogP) is 4.09. The molecule has 7 heteroatoms. The van der Waals surface area contributed by atoms with E-state index in [4.69, 9.17) is 4.74 Å². The molecule has 0 aliphatic carbocycles. The van der Waals surface area contributed by atoms with E-state index in [1.807, 2.05) is 13.8 Å². The summed E-state index contributed by atoms with van der Waals surface area (Å²) in [5.41, 5.74) is -0.609. The lowest BCUT2D eigenvalue weighted by Crippen LogP contribution is -2.27. The van der Waals surface area contributed by atoms with Gasteiger partial charge in [0.25, 0.3) is 0 Å². The molecule has 0 radical (unpaired) electrons. The molecule has 1 aromatic rings. The molecule has 0 aromatic carbocycles. The Balaban J connectivity index is 2.92. The maximum atomic E-state index is 11.7. The van der Waals surface area contributed by atoms with E-state index in [0.717, 1.165) is 12.8 Å². The van der Waals surface area contributed by atoms with Gasteiger partial charge in [-0.3, -0.25) is 5.32 Å². The molecule has 1 rings (SSSR count). The van der Waals surface area contributed by atoms with Crippen LogP contribution >= 0.6 is 11.3 Å². The van der Waals surface area contributed by atoms with Crippen LogP contribution in [0, 0.1) is 0 Å². The maximum absolute atomic E-state index is 11.7. The zero-order chi connectivity index (χ0) is 16.2. The van der Waals surface area contributed by atoms with Gasteiger partial charge in [-0.1, -0.05) is 20.3 Å². The molecule has 2 N–H and O–H groups in total. The summed E-state index contributed by atoms with van der Waals surface area (Å²) in [6.45, 7) is 9.27. The molecular formula is C14H22N2O4S. The van der Waals surface area contributed by atoms with Crippen molar-refractivity contribution in [3.05, 3.63) is 10.6 Å². The Labute approximate surface area is 128 Å². The van der Waals surface area contributed by atoms with E-state index in [0.29, 0.717) is 4.88 Å². The van der Waals surface area contributed by atoms with Crippen LogP contribution < -0.4 is 5.32 Å². The number of anilines is 1. The second-order valence-electron chi connectivity index (χ2n) is 5.85. The fourth-order valence-electron chi connectivity index (χ4n) is 1.83. The van der Waals surface area contributed by atoms with Crippen LogP contribution in [0.25, 0.3) is 0 Å². The first-order valence-corrected chi connectivity index (χ1v) is 7.69. The van der Waals surface area contributed by atoms with Gasteiger partial charge in [-0.25, -0.2) is 14.6 Å². The number of amides is 1. The quantitative estimate of drug-likeness (QED) is 0.854. The van der Waals surface area contributed by atoms with Gasteiger partial charge in [-0.2, -0.15) is 0 Å². The summed E-state index contributed by atoms with van der Waals surface area (Å²) in [5, 5.41) is 12.0. The number of rotatable bonds is 5. The van der Waals surface area contributed by atoms with E-state index in [1.54, 1.807) is 20.8 Å². The van der Waals surface area contributed by atoms with E-state index in [9.17, 15) is 14.7 Å². The second-order valence-corrected chi connectivity index (χ2v) is 6.88. The molecule has 0 saturated carbocycles. The van der Waals surface area contributed by atoms with Crippen molar-refractivity contribution in [1.29, 1.82) is 0 Å². The van der Waals surface area contributed by atoms with Gasteiger partial charge in [0.1, 0.15) is 5.60 Å². The molecule has 1 atom stereocenters. The molecule has 21 heavy (non-hydrogen) atoms. The Hall–Kier alpha value is -1.63. The van der Waals surface area contributed by atoms with Crippen molar-refractivity contribution < 1.29 is 19.4 Å². The van der Waals surface area contributed by atoms with Crippen molar-refractivity contribution in [2.75, 3.05) is 5.32 Å². The molecular weight excluding hydrogens is 292 g/mol. The third-order valence-electron chi connectivity index (χ3n) is 2.63. The first kappa shape index (κ1) is 17.4. The van der Waals surface area contributed by atoms with E-state index < -0.39 is 17.7 Å². The summed E-state index contributed by atoms with van der Waals surface area (Å²) < 4.78 is 5.13. The molecule has 0 spiro atoms. The molecule has 1 aromatic heterocycles. The van der Waals surface area contributed by atoms with Crippen molar-refractivity contribution in [3.63, 3.8) is 0 Å². The Morgan fingerprint density at radius 3 is 2.52 bits per heavy atom. The summed E-state index contributed by atoms with van der Waals surface area (Å²) in [6, 6.07) is 0. The fourth-order valence-corrected chi connectivity index (χ4v) is 2.86. The van der Waals surface area contributed by atoms with Gasteiger partial charge in [0.15, 0.2) is 10.8 Å². The molecule has 0 aliphatic heterocycles. The lowest BCUT2D eigenvalue weighted by atomic mass is 10.0. The van der Waals surface area contributed by atoms with Crippen LogP contribution in [0.15, 0.2) is 0 Å². The number of nitrogens with zero attached hydrogens (tertiary/aromatic N) is 1. The number of carbonyl (C=O) groups is 2. The highest BCUT2D eigenvalue weighted by atomic mass is 32.1. The molecule has 118 valence electrons. The third-order valence-corrected chi connectivity index (χ3v) is 3.84. The smallest absolute Gasteiger partial charge is 0.413 e. The predicted molar refractivity (Wildman–Crippen MR) is 82.3 cm³/mol. The highest BCUT2D eigenvalue weighted by Crippen LogP contribution is 2.32. The number of carboxylic acids is 1.